The Bertz CT molecular complexity index is 382. The SMILES string of the molecule is CC(C)NC(=O)CNc1ncc(Cl)cc1Cl. The molecule has 1 rings (SSSR count). The lowest BCUT2D eigenvalue weighted by Gasteiger charge is -2.10. The quantitative estimate of drug-likeness (QED) is 0.875. The molecule has 0 unspecified atom stereocenters. The van der Waals surface area contributed by atoms with Gasteiger partial charge in [-0.15, -0.1) is 0 Å². The van der Waals surface area contributed by atoms with E-state index in [1.807, 2.05) is 13.8 Å². The summed E-state index contributed by atoms with van der Waals surface area (Å²) in [4.78, 5) is 15.3. The van der Waals surface area contributed by atoms with Crippen LogP contribution >= 0.6 is 23.2 Å². The van der Waals surface area contributed by atoms with Gasteiger partial charge < -0.3 is 10.6 Å². The van der Waals surface area contributed by atoms with Gasteiger partial charge >= 0.3 is 0 Å². The zero-order valence-corrected chi connectivity index (χ0v) is 10.6. The minimum absolute atomic E-state index is 0.109. The molecule has 0 atom stereocenters. The molecule has 4 nitrogen and oxygen atoms in total. The number of carbonyl (C=O) groups is 1. The van der Waals surface area contributed by atoms with Gasteiger partial charge in [0.15, 0.2) is 0 Å². The molecule has 0 saturated heterocycles. The van der Waals surface area contributed by atoms with E-state index in [1.54, 1.807) is 6.07 Å². The summed E-state index contributed by atoms with van der Waals surface area (Å²) in [5.41, 5.74) is 0. The lowest BCUT2D eigenvalue weighted by atomic mass is 10.4. The van der Waals surface area contributed by atoms with Crippen molar-refractivity contribution >= 4 is 34.9 Å². The molecular formula is C10H13Cl2N3O. The molecule has 0 aromatic carbocycles. The lowest BCUT2D eigenvalue weighted by molar-refractivity contribution is -0.119. The molecular weight excluding hydrogens is 249 g/mol. The molecule has 16 heavy (non-hydrogen) atoms. The molecule has 1 aromatic heterocycles. The van der Waals surface area contributed by atoms with Gasteiger partial charge in [0, 0.05) is 12.2 Å². The van der Waals surface area contributed by atoms with Crippen molar-refractivity contribution in [3.63, 3.8) is 0 Å². The summed E-state index contributed by atoms with van der Waals surface area (Å²) in [6, 6.07) is 1.68. The summed E-state index contributed by atoms with van der Waals surface area (Å²) in [6.07, 6.45) is 1.47. The third-order valence-electron chi connectivity index (χ3n) is 1.67. The Hall–Kier alpha value is -1.000. The summed E-state index contributed by atoms with van der Waals surface area (Å²) in [5, 5.41) is 6.43. The Morgan fingerprint density at radius 2 is 2.19 bits per heavy atom. The molecule has 0 spiro atoms. The summed E-state index contributed by atoms with van der Waals surface area (Å²) in [5.74, 6) is 0.341. The number of aromatic nitrogens is 1. The van der Waals surface area contributed by atoms with Gasteiger partial charge in [-0.05, 0) is 19.9 Å². The van der Waals surface area contributed by atoms with Crippen molar-refractivity contribution in [3.8, 4) is 0 Å². The van der Waals surface area contributed by atoms with Crippen molar-refractivity contribution in [1.29, 1.82) is 0 Å². The number of halogens is 2. The average molecular weight is 262 g/mol. The first kappa shape index (κ1) is 13.1. The normalized spacial score (nSPS) is 10.3. The fourth-order valence-electron chi connectivity index (χ4n) is 1.08. The number of carbonyl (C=O) groups excluding carboxylic acids is 1. The Labute approximate surface area is 104 Å². The third kappa shape index (κ3) is 4.24. The van der Waals surface area contributed by atoms with E-state index >= 15 is 0 Å². The third-order valence-corrected chi connectivity index (χ3v) is 2.17. The van der Waals surface area contributed by atoms with Crippen molar-refractivity contribution in [2.24, 2.45) is 0 Å². The van der Waals surface area contributed by atoms with Crippen molar-refractivity contribution in [1.82, 2.24) is 10.3 Å². The highest BCUT2D eigenvalue weighted by Crippen LogP contribution is 2.21. The molecule has 0 aliphatic heterocycles. The number of hydrogen-bond donors (Lipinski definition) is 2. The smallest absolute Gasteiger partial charge is 0.239 e. The number of anilines is 1. The number of nitrogens with one attached hydrogen (secondary N) is 2. The van der Waals surface area contributed by atoms with Gasteiger partial charge in [-0.3, -0.25) is 4.79 Å². The van der Waals surface area contributed by atoms with Crippen LogP contribution in [0.4, 0.5) is 5.82 Å². The lowest BCUT2D eigenvalue weighted by Crippen LogP contribution is -2.35. The molecule has 0 saturated carbocycles. The van der Waals surface area contributed by atoms with Gasteiger partial charge in [-0.1, -0.05) is 23.2 Å². The van der Waals surface area contributed by atoms with Crippen LogP contribution in [0.15, 0.2) is 12.3 Å². The molecule has 1 aromatic rings. The number of nitrogens with zero attached hydrogens (tertiary/aromatic N) is 1. The summed E-state index contributed by atoms with van der Waals surface area (Å²) < 4.78 is 0. The average Bonchev–Trinajstić information content (AvgIpc) is 2.15. The molecule has 88 valence electrons. The number of hydrogen-bond acceptors (Lipinski definition) is 3. The van der Waals surface area contributed by atoms with Crippen LogP contribution in [0.5, 0.6) is 0 Å². The van der Waals surface area contributed by atoms with Crippen molar-refractivity contribution < 1.29 is 4.79 Å². The van der Waals surface area contributed by atoms with E-state index in [0.717, 1.165) is 0 Å². The first-order valence-electron chi connectivity index (χ1n) is 4.83. The summed E-state index contributed by atoms with van der Waals surface area (Å²) in [6.45, 7) is 3.92. The van der Waals surface area contributed by atoms with Gasteiger partial charge in [-0.25, -0.2) is 4.98 Å². The van der Waals surface area contributed by atoms with E-state index < -0.39 is 0 Å². The number of pyridine rings is 1. The molecule has 0 fully saturated rings. The number of rotatable bonds is 4. The molecule has 6 heteroatoms. The van der Waals surface area contributed by atoms with E-state index in [9.17, 15) is 4.79 Å². The monoisotopic (exact) mass is 261 g/mol. The first-order valence-corrected chi connectivity index (χ1v) is 5.59. The van der Waals surface area contributed by atoms with Crippen LogP contribution in [0.2, 0.25) is 10.0 Å². The molecule has 0 aliphatic carbocycles. The summed E-state index contributed by atoms with van der Waals surface area (Å²) in [7, 11) is 0. The highest BCUT2D eigenvalue weighted by molar-refractivity contribution is 6.35. The maximum absolute atomic E-state index is 11.3. The maximum atomic E-state index is 11.3. The maximum Gasteiger partial charge on any atom is 0.239 e. The van der Waals surface area contributed by atoms with Crippen LogP contribution in [0.1, 0.15) is 13.8 Å². The fourth-order valence-corrected chi connectivity index (χ4v) is 1.53. The molecule has 0 aliphatic rings. The second-order valence-corrected chi connectivity index (χ2v) is 4.40. The van der Waals surface area contributed by atoms with Crippen LogP contribution in [0, 0.1) is 0 Å². The zero-order chi connectivity index (χ0) is 12.1. The van der Waals surface area contributed by atoms with Gasteiger partial charge in [0.2, 0.25) is 5.91 Å². The predicted molar refractivity (Wildman–Crippen MR) is 66.0 cm³/mol. The second-order valence-electron chi connectivity index (χ2n) is 3.56. The van der Waals surface area contributed by atoms with E-state index in [-0.39, 0.29) is 18.5 Å². The molecule has 1 amide bonds. The second kappa shape index (κ2) is 5.92. The van der Waals surface area contributed by atoms with E-state index in [0.29, 0.717) is 15.9 Å². The van der Waals surface area contributed by atoms with E-state index in [4.69, 9.17) is 23.2 Å². The van der Waals surface area contributed by atoms with Gasteiger partial charge in [0.05, 0.1) is 16.6 Å². The summed E-state index contributed by atoms with van der Waals surface area (Å²) >= 11 is 11.6. The standard InChI is InChI=1S/C10H13Cl2N3O/c1-6(2)15-9(16)5-14-10-8(12)3-7(11)4-13-10/h3-4,6H,5H2,1-2H3,(H,13,14)(H,15,16). The minimum Gasteiger partial charge on any atom is -0.360 e. The van der Waals surface area contributed by atoms with Crippen LogP contribution in [0.3, 0.4) is 0 Å². The molecule has 0 radical (unpaired) electrons. The van der Waals surface area contributed by atoms with E-state index in [1.165, 1.54) is 6.20 Å². The van der Waals surface area contributed by atoms with Crippen LogP contribution in [-0.4, -0.2) is 23.5 Å². The predicted octanol–water partition coefficient (Wildman–Crippen LogP) is 2.32. The molecule has 0 bridgehead atoms. The van der Waals surface area contributed by atoms with Gasteiger partial charge in [0.1, 0.15) is 5.82 Å². The van der Waals surface area contributed by atoms with E-state index in [2.05, 4.69) is 15.6 Å². The van der Waals surface area contributed by atoms with Gasteiger partial charge in [-0.2, -0.15) is 0 Å². The zero-order valence-electron chi connectivity index (χ0n) is 9.05. The Morgan fingerprint density at radius 1 is 1.50 bits per heavy atom. The largest absolute Gasteiger partial charge is 0.360 e. The minimum atomic E-state index is -0.109. The highest BCUT2D eigenvalue weighted by atomic mass is 35.5. The molecule has 2 N–H and O–H groups in total. The van der Waals surface area contributed by atoms with Crippen molar-refractivity contribution in [2.75, 3.05) is 11.9 Å². The topological polar surface area (TPSA) is 54.0 Å². The van der Waals surface area contributed by atoms with Crippen LogP contribution < -0.4 is 10.6 Å². The molecule has 1 heterocycles. The Kier molecular flexibility index (Phi) is 4.83. The highest BCUT2D eigenvalue weighted by Gasteiger charge is 2.06. The Morgan fingerprint density at radius 3 is 2.75 bits per heavy atom. The first-order chi connectivity index (χ1) is 7.49. The fraction of sp³-hybridized carbons (Fsp3) is 0.400. The number of amides is 1. The Balaban J connectivity index is 2.51. The van der Waals surface area contributed by atoms with Crippen molar-refractivity contribution in [3.05, 3.63) is 22.3 Å². The van der Waals surface area contributed by atoms with Crippen LogP contribution in [-0.2, 0) is 4.79 Å². The van der Waals surface area contributed by atoms with Gasteiger partial charge in [0.25, 0.3) is 0 Å². The van der Waals surface area contributed by atoms with Crippen molar-refractivity contribution in [2.45, 2.75) is 19.9 Å². The van der Waals surface area contributed by atoms with Crippen LogP contribution in [0.25, 0.3) is 0 Å².